The second kappa shape index (κ2) is 9.26. The van der Waals surface area contributed by atoms with Gasteiger partial charge in [0.05, 0.1) is 0 Å². The molecule has 1 heterocycles. The van der Waals surface area contributed by atoms with Crippen molar-refractivity contribution in [3.8, 4) is 5.75 Å². The molecule has 0 aliphatic carbocycles. The van der Waals surface area contributed by atoms with Crippen LogP contribution in [0.4, 0.5) is 0 Å². The van der Waals surface area contributed by atoms with Gasteiger partial charge in [0, 0.05) is 18.7 Å². The van der Waals surface area contributed by atoms with Crippen LogP contribution >= 0.6 is 0 Å². The van der Waals surface area contributed by atoms with Gasteiger partial charge >= 0.3 is 0 Å². The van der Waals surface area contributed by atoms with Gasteiger partial charge in [0.15, 0.2) is 0 Å². The molecule has 0 aromatic heterocycles. The molecule has 0 radical (unpaired) electrons. The van der Waals surface area contributed by atoms with Gasteiger partial charge in [-0.3, -0.25) is 4.79 Å². The molecule has 1 saturated heterocycles. The summed E-state index contributed by atoms with van der Waals surface area (Å²) in [6.45, 7) is 11.2. The Hall–Kier alpha value is -1.81. The second-order valence-corrected chi connectivity index (χ2v) is 5.74. The lowest BCUT2D eigenvalue weighted by Gasteiger charge is -2.36. The number of amides is 1. The van der Waals surface area contributed by atoms with Crippen molar-refractivity contribution in [2.45, 2.75) is 19.8 Å². The maximum atomic E-state index is 12.1. The smallest absolute Gasteiger partial charge is 0.251 e. The first-order chi connectivity index (χ1) is 10.6. The van der Waals surface area contributed by atoms with Crippen LogP contribution in [0.5, 0.6) is 5.75 Å². The number of piperidine rings is 1. The number of nitrogens with zero attached hydrogens (tertiary/aromatic N) is 1. The van der Waals surface area contributed by atoms with Crippen molar-refractivity contribution in [3.05, 3.63) is 43.0 Å². The van der Waals surface area contributed by atoms with Crippen LogP contribution in [0.25, 0.3) is 0 Å². The van der Waals surface area contributed by atoms with E-state index in [0.717, 1.165) is 19.6 Å². The number of phenolic OH excluding ortho intramolecular Hbond substituents is 1. The summed E-state index contributed by atoms with van der Waals surface area (Å²) in [7, 11) is 2.14. The molecular weight excluding hydrogens is 276 g/mol. The highest BCUT2D eigenvalue weighted by atomic mass is 16.3. The van der Waals surface area contributed by atoms with Crippen LogP contribution in [0, 0.1) is 11.8 Å². The molecule has 2 atom stereocenters. The van der Waals surface area contributed by atoms with E-state index in [1.165, 1.54) is 25.0 Å². The lowest BCUT2D eigenvalue weighted by molar-refractivity contribution is 0.0908. The van der Waals surface area contributed by atoms with Crippen molar-refractivity contribution in [2.24, 2.45) is 11.8 Å². The number of carbonyl (C=O) groups is 1. The number of benzene rings is 1. The van der Waals surface area contributed by atoms with Crippen molar-refractivity contribution in [1.82, 2.24) is 10.2 Å². The third kappa shape index (κ3) is 5.19. The average molecular weight is 304 g/mol. The molecule has 1 aliphatic heterocycles. The molecule has 1 amide bonds. The topological polar surface area (TPSA) is 52.6 Å². The molecule has 0 spiro atoms. The highest BCUT2D eigenvalue weighted by Crippen LogP contribution is 2.25. The van der Waals surface area contributed by atoms with Crippen molar-refractivity contribution in [3.63, 3.8) is 0 Å². The van der Waals surface area contributed by atoms with E-state index in [9.17, 15) is 9.90 Å². The Kier molecular flexibility index (Phi) is 7.67. The quantitative estimate of drug-likeness (QED) is 0.841. The van der Waals surface area contributed by atoms with E-state index in [1.807, 2.05) is 0 Å². The van der Waals surface area contributed by atoms with Crippen molar-refractivity contribution in [2.75, 3.05) is 26.7 Å². The third-order valence-corrected chi connectivity index (χ3v) is 4.27. The van der Waals surface area contributed by atoms with Crippen molar-refractivity contribution in [1.29, 1.82) is 0 Å². The maximum Gasteiger partial charge on any atom is 0.251 e. The minimum atomic E-state index is -0.0620. The van der Waals surface area contributed by atoms with Crippen LogP contribution in [0.2, 0.25) is 0 Å². The van der Waals surface area contributed by atoms with Gasteiger partial charge in [0.25, 0.3) is 5.91 Å². The van der Waals surface area contributed by atoms with Crippen LogP contribution in [0.15, 0.2) is 37.4 Å². The first-order valence-corrected chi connectivity index (χ1v) is 7.86. The normalized spacial score (nSPS) is 21.5. The van der Waals surface area contributed by atoms with E-state index in [1.54, 1.807) is 12.1 Å². The molecule has 2 N–H and O–H groups in total. The largest absolute Gasteiger partial charge is 0.508 e. The lowest BCUT2D eigenvalue weighted by atomic mass is 9.84. The first-order valence-electron chi connectivity index (χ1n) is 7.86. The summed E-state index contributed by atoms with van der Waals surface area (Å²) in [6, 6.07) is 6.38. The van der Waals surface area contributed by atoms with E-state index in [-0.39, 0.29) is 11.7 Å². The fourth-order valence-electron chi connectivity index (χ4n) is 2.97. The Morgan fingerprint density at radius 3 is 2.55 bits per heavy atom. The number of aromatic hydroxyl groups is 1. The highest BCUT2D eigenvalue weighted by molar-refractivity contribution is 5.94. The molecule has 2 unspecified atom stereocenters. The van der Waals surface area contributed by atoms with Gasteiger partial charge in [-0.15, -0.1) is 13.2 Å². The molecule has 2 rings (SSSR count). The predicted molar refractivity (Wildman–Crippen MR) is 91.1 cm³/mol. The van der Waals surface area contributed by atoms with Gasteiger partial charge in [-0.05, 0) is 56.1 Å². The molecule has 0 saturated carbocycles. The summed E-state index contributed by atoms with van der Waals surface area (Å²) in [6.07, 6.45) is 2.39. The summed E-state index contributed by atoms with van der Waals surface area (Å²) >= 11 is 0. The summed E-state index contributed by atoms with van der Waals surface area (Å²) in [5, 5.41) is 12.3. The van der Waals surface area contributed by atoms with Gasteiger partial charge < -0.3 is 15.3 Å². The van der Waals surface area contributed by atoms with Gasteiger partial charge in [-0.25, -0.2) is 0 Å². The van der Waals surface area contributed by atoms with Gasteiger partial charge in [0.2, 0.25) is 0 Å². The van der Waals surface area contributed by atoms with E-state index < -0.39 is 0 Å². The SMILES string of the molecule is C=C.CCC1CCN(C)CC1CNC(=O)c1ccc(O)cc1. The number of rotatable bonds is 4. The Morgan fingerprint density at radius 1 is 1.32 bits per heavy atom. The van der Waals surface area contributed by atoms with Crippen molar-refractivity contribution >= 4 is 5.91 Å². The fraction of sp³-hybridized carbons (Fsp3) is 0.500. The molecule has 4 heteroatoms. The fourth-order valence-corrected chi connectivity index (χ4v) is 2.97. The summed E-state index contributed by atoms with van der Waals surface area (Å²) in [5.74, 6) is 1.35. The van der Waals surface area contributed by atoms with E-state index in [2.05, 4.69) is 37.3 Å². The number of carbonyl (C=O) groups excluding carboxylic acids is 1. The maximum absolute atomic E-state index is 12.1. The molecule has 1 aliphatic rings. The number of hydrogen-bond donors (Lipinski definition) is 2. The number of phenols is 1. The Morgan fingerprint density at radius 2 is 1.95 bits per heavy atom. The number of likely N-dealkylation sites (tertiary alicyclic amines) is 1. The highest BCUT2D eigenvalue weighted by Gasteiger charge is 2.26. The van der Waals surface area contributed by atoms with Crippen LogP contribution in [0.1, 0.15) is 30.1 Å². The van der Waals surface area contributed by atoms with E-state index in [0.29, 0.717) is 17.4 Å². The molecule has 4 nitrogen and oxygen atoms in total. The van der Waals surface area contributed by atoms with Gasteiger partial charge in [0.1, 0.15) is 5.75 Å². The predicted octanol–water partition coefficient (Wildman–Crippen LogP) is 2.90. The minimum absolute atomic E-state index is 0.0620. The average Bonchev–Trinajstić information content (AvgIpc) is 2.55. The monoisotopic (exact) mass is 304 g/mol. The summed E-state index contributed by atoms with van der Waals surface area (Å²) < 4.78 is 0. The number of hydrogen-bond acceptors (Lipinski definition) is 3. The molecule has 1 fully saturated rings. The lowest BCUT2D eigenvalue weighted by Crippen LogP contribution is -2.43. The molecular formula is C18H28N2O2. The standard InChI is InChI=1S/C16H24N2O2.C2H4/c1-3-12-8-9-18(2)11-14(12)10-17-16(20)13-4-6-15(19)7-5-13;1-2/h4-7,12,14,19H,3,8-11H2,1-2H3,(H,17,20);1-2H2. The Bertz CT molecular complexity index is 459. The zero-order valence-corrected chi connectivity index (χ0v) is 13.7. The van der Waals surface area contributed by atoms with Gasteiger partial charge in [-0.2, -0.15) is 0 Å². The van der Waals surface area contributed by atoms with Gasteiger partial charge in [-0.1, -0.05) is 13.3 Å². The molecule has 22 heavy (non-hydrogen) atoms. The zero-order valence-electron chi connectivity index (χ0n) is 13.7. The van der Waals surface area contributed by atoms with Crippen LogP contribution < -0.4 is 5.32 Å². The van der Waals surface area contributed by atoms with Crippen LogP contribution in [-0.4, -0.2) is 42.6 Å². The van der Waals surface area contributed by atoms with Crippen molar-refractivity contribution < 1.29 is 9.90 Å². The van der Waals surface area contributed by atoms with Crippen LogP contribution in [-0.2, 0) is 0 Å². The summed E-state index contributed by atoms with van der Waals surface area (Å²) in [5.41, 5.74) is 0.597. The molecule has 122 valence electrons. The zero-order chi connectivity index (χ0) is 16.5. The number of nitrogens with one attached hydrogen (secondary N) is 1. The Balaban J connectivity index is 0.00000116. The third-order valence-electron chi connectivity index (χ3n) is 4.27. The second-order valence-electron chi connectivity index (χ2n) is 5.74. The summed E-state index contributed by atoms with van der Waals surface area (Å²) in [4.78, 5) is 14.4. The van der Waals surface area contributed by atoms with E-state index >= 15 is 0 Å². The first kappa shape index (κ1) is 18.2. The Labute approximate surface area is 133 Å². The molecule has 1 aromatic carbocycles. The minimum Gasteiger partial charge on any atom is -0.508 e. The van der Waals surface area contributed by atoms with Crippen LogP contribution in [0.3, 0.4) is 0 Å². The van der Waals surface area contributed by atoms with E-state index in [4.69, 9.17) is 0 Å². The molecule has 1 aromatic rings. The molecule has 0 bridgehead atoms.